The third kappa shape index (κ3) is 3.93. The molecule has 0 spiro atoms. The minimum Gasteiger partial charge on any atom is -0.388 e. The summed E-state index contributed by atoms with van der Waals surface area (Å²) in [5, 5.41) is 16.2. The molecule has 1 rings (SSSR count). The Morgan fingerprint density at radius 3 is 2.83 bits per heavy atom. The predicted molar refractivity (Wildman–Crippen MR) is 70.4 cm³/mol. The molecule has 1 fully saturated rings. The molecule has 0 aromatic carbocycles. The van der Waals surface area contributed by atoms with Crippen molar-refractivity contribution >= 4 is 5.91 Å². The van der Waals surface area contributed by atoms with Gasteiger partial charge in [0.05, 0.1) is 11.1 Å². The number of carbonyl (C=O) groups excluding carboxylic acids is 1. The highest BCUT2D eigenvalue weighted by Gasteiger charge is 2.39. The molecule has 2 unspecified atom stereocenters. The summed E-state index contributed by atoms with van der Waals surface area (Å²) in [6, 6.07) is 0. The smallest absolute Gasteiger partial charge is 0.240 e. The van der Waals surface area contributed by atoms with Gasteiger partial charge in [0.25, 0.3) is 0 Å². The summed E-state index contributed by atoms with van der Waals surface area (Å²) in [7, 11) is 1.60. The standard InChI is InChI=1S/C13H26N2O3/c1-4-13(6-5-8-15-13)11(16)14-10-12(2,17)7-9-18-3/h15,17H,4-10H2,1-3H3,(H,14,16). The maximum absolute atomic E-state index is 12.2. The van der Waals surface area contributed by atoms with Crippen molar-refractivity contribution in [3.8, 4) is 0 Å². The largest absolute Gasteiger partial charge is 0.388 e. The SMILES string of the molecule is CCC1(C(=O)NCC(C)(O)CCOC)CCCN1. The van der Waals surface area contributed by atoms with Crippen LogP contribution in [0.2, 0.25) is 0 Å². The van der Waals surface area contributed by atoms with Crippen LogP contribution in [-0.4, -0.2) is 49.0 Å². The molecule has 5 nitrogen and oxygen atoms in total. The normalized spacial score (nSPS) is 26.9. The third-order valence-corrected chi connectivity index (χ3v) is 3.76. The van der Waals surface area contributed by atoms with Gasteiger partial charge in [-0.05, 0) is 32.7 Å². The molecule has 1 amide bonds. The zero-order valence-corrected chi connectivity index (χ0v) is 11.7. The Labute approximate surface area is 109 Å². The summed E-state index contributed by atoms with van der Waals surface area (Å²) < 4.78 is 4.94. The number of rotatable bonds is 7. The molecule has 0 saturated carbocycles. The lowest BCUT2D eigenvalue weighted by Crippen LogP contribution is -2.55. The number of methoxy groups -OCH3 is 1. The average molecular weight is 258 g/mol. The molecule has 1 aliphatic rings. The van der Waals surface area contributed by atoms with E-state index in [1.165, 1.54) is 0 Å². The van der Waals surface area contributed by atoms with Crippen LogP contribution in [-0.2, 0) is 9.53 Å². The monoisotopic (exact) mass is 258 g/mol. The number of carbonyl (C=O) groups is 1. The Bertz CT molecular complexity index is 273. The molecule has 3 N–H and O–H groups in total. The van der Waals surface area contributed by atoms with Gasteiger partial charge in [-0.2, -0.15) is 0 Å². The molecule has 0 aromatic rings. The van der Waals surface area contributed by atoms with Gasteiger partial charge in [-0.15, -0.1) is 0 Å². The van der Waals surface area contributed by atoms with Gasteiger partial charge in [-0.3, -0.25) is 4.79 Å². The minimum absolute atomic E-state index is 0.000178. The topological polar surface area (TPSA) is 70.6 Å². The second-order valence-corrected chi connectivity index (χ2v) is 5.39. The summed E-state index contributed by atoms with van der Waals surface area (Å²) in [6.07, 6.45) is 3.19. The molecule has 1 saturated heterocycles. The van der Waals surface area contributed by atoms with Crippen molar-refractivity contribution in [3.63, 3.8) is 0 Å². The highest BCUT2D eigenvalue weighted by molar-refractivity contribution is 5.86. The maximum Gasteiger partial charge on any atom is 0.240 e. The van der Waals surface area contributed by atoms with E-state index >= 15 is 0 Å². The molecule has 0 radical (unpaired) electrons. The van der Waals surface area contributed by atoms with Gasteiger partial charge in [0.2, 0.25) is 5.91 Å². The van der Waals surface area contributed by atoms with Crippen LogP contribution in [0.4, 0.5) is 0 Å². The highest BCUT2D eigenvalue weighted by Crippen LogP contribution is 2.23. The molecule has 1 heterocycles. The Morgan fingerprint density at radius 2 is 2.33 bits per heavy atom. The third-order valence-electron chi connectivity index (χ3n) is 3.76. The molecular weight excluding hydrogens is 232 g/mol. The fourth-order valence-corrected chi connectivity index (χ4v) is 2.31. The summed E-state index contributed by atoms with van der Waals surface area (Å²) in [5.74, 6) is 0.000178. The van der Waals surface area contributed by atoms with Crippen LogP contribution in [0.1, 0.15) is 39.5 Å². The molecule has 5 heteroatoms. The Morgan fingerprint density at radius 1 is 1.61 bits per heavy atom. The van der Waals surface area contributed by atoms with Gasteiger partial charge in [-0.1, -0.05) is 6.92 Å². The van der Waals surface area contributed by atoms with Crippen LogP contribution in [0.3, 0.4) is 0 Å². The van der Waals surface area contributed by atoms with Gasteiger partial charge in [0.1, 0.15) is 0 Å². The fourth-order valence-electron chi connectivity index (χ4n) is 2.31. The maximum atomic E-state index is 12.2. The molecular formula is C13H26N2O3. The lowest BCUT2D eigenvalue weighted by atomic mass is 9.92. The Hall–Kier alpha value is -0.650. The molecule has 0 aliphatic carbocycles. The first-order valence-electron chi connectivity index (χ1n) is 6.70. The van der Waals surface area contributed by atoms with Crippen molar-refractivity contribution < 1.29 is 14.6 Å². The summed E-state index contributed by atoms with van der Waals surface area (Å²) in [5.41, 5.74) is -1.35. The van der Waals surface area contributed by atoms with Gasteiger partial charge in [0, 0.05) is 26.7 Å². The van der Waals surface area contributed by atoms with E-state index in [1.807, 2.05) is 6.92 Å². The first-order chi connectivity index (χ1) is 8.46. The number of aliphatic hydroxyl groups is 1. The van der Waals surface area contributed by atoms with E-state index in [1.54, 1.807) is 14.0 Å². The second-order valence-electron chi connectivity index (χ2n) is 5.39. The molecule has 18 heavy (non-hydrogen) atoms. The number of amides is 1. The molecule has 1 aliphatic heterocycles. The Kier molecular flexibility index (Phi) is 5.56. The minimum atomic E-state index is -0.917. The highest BCUT2D eigenvalue weighted by atomic mass is 16.5. The second kappa shape index (κ2) is 6.50. The van der Waals surface area contributed by atoms with Crippen LogP contribution in [0.25, 0.3) is 0 Å². The van der Waals surface area contributed by atoms with Crippen molar-refractivity contribution in [3.05, 3.63) is 0 Å². The lowest BCUT2D eigenvalue weighted by Gasteiger charge is -2.30. The van der Waals surface area contributed by atoms with E-state index in [0.29, 0.717) is 13.0 Å². The zero-order chi connectivity index (χ0) is 13.6. The fraction of sp³-hybridized carbons (Fsp3) is 0.923. The van der Waals surface area contributed by atoms with E-state index in [2.05, 4.69) is 10.6 Å². The van der Waals surface area contributed by atoms with E-state index in [4.69, 9.17) is 4.74 Å². The first-order valence-corrected chi connectivity index (χ1v) is 6.70. The first kappa shape index (κ1) is 15.4. The predicted octanol–water partition coefficient (Wildman–Crippen LogP) is 0.422. The van der Waals surface area contributed by atoms with Crippen molar-refractivity contribution in [1.29, 1.82) is 0 Å². The van der Waals surface area contributed by atoms with Gasteiger partial charge >= 0.3 is 0 Å². The van der Waals surface area contributed by atoms with Crippen molar-refractivity contribution in [2.24, 2.45) is 0 Å². The summed E-state index contributed by atoms with van der Waals surface area (Å²) >= 11 is 0. The van der Waals surface area contributed by atoms with E-state index in [0.717, 1.165) is 25.8 Å². The van der Waals surface area contributed by atoms with Gasteiger partial charge < -0.3 is 20.5 Å². The number of hydrogen-bond acceptors (Lipinski definition) is 4. The average Bonchev–Trinajstić information content (AvgIpc) is 2.83. The quantitative estimate of drug-likeness (QED) is 0.619. The number of hydrogen-bond donors (Lipinski definition) is 3. The lowest BCUT2D eigenvalue weighted by molar-refractivity contribution is -0.128. The number of nitrogens with one attached hydrogen (secondary N) is 2. The van der Waals surface area contributed by atoms with Crippen LogP contribution in [0.5, 0.6) is 0 Å². The van der Waals surface area contributed by atoms with Crippen molar-refractivity contribution in [1.82, 2.24) is 10.6 Å². The van der Waals surface area contributed by atoms with Crippen LogP contribution >= 0.6 is 0 Å². The van der Waals surface area contributed by atoms with Gasteiger partial charge in [0.15, 0.2) is 0 Å². The van der Waals surface area contributed by atoms with Crippen molar-refractivity contribution in [2.45, 2.75) is 50.7 Å². The zero-order valence-electron chi connectivity index (χ0n) is 11.7. The molecule has 0 aromatic heterocycles. The van der Waals surface area contributed by atoms with Gasteiger partial charge in [-0.25, -0.2) is 0 Å². The van der Waals surface area contributed by atoms with E-state index in [9.17, 15) is 9.90 Å². The summed E-state index contributed by atoms with van der Waals surface area (Å²) in [6.45, 7) is 5.37. The van der Waals surface area contributed by atoms with E-state index < -0.39 is 11.1 Å². The van der Waals surface area contributed by atoms with Crippen LogP contribution in [0, 0.1) is 0 Å². The number of ether oxygens (including phenoxy) is 1. The van der Waals surface area contributed by atoms with Crippen molar-refractivity contribution in [2.75, 3.05) is 26.8 Å². The molecule has 0 bridgehead atoms. The van der Waals surface area contributed by atoms with E-state index in [-0.39, 0.29) is 12.5 Å². The Balaban J connectivity index is 2.44. The molecule has 106 valence electrons. The molecule has 2 atom stereocenters. The summed E-state index contributed by atoms with van der Waals surface area (Å²) in [4.78, 5) is 12.2. The van der Waals surface area contributed by atoms with Crippen LogP contribution < -0.4 is 10.6 Å². The van der Waals surface area contributed by atoms with Crippen LogP contribution in [0.15, 0.2) is 0 Å².